The van der Waals surface area contributed by atoms with Gasteiger partial charge in [-0.25, -0.2) is 8.42 Å². The van der Waals surface area contributed by atoms with Crippen LogP contribution in [0.3, 0.4) is 0 Å². The van der Waals surface area contributed by atoms with Crippen molar-refractivity contribution in [1.29, 1.82) is 0 Å². The second kappa shape index (κ2) is 7.58. The van der Waals surface area contributed by atoms with Crippen molar-refractivity contribution in [2.45, 2.75) is 62.7 Å². The van der Waals surface area contributed by atoms with Gasteiger partial charge in [0.25, 0.3) is 0 Å². The van der Waals surface area contributed by atoms with Crippen LogP contribution in [-0.4, -0.2) is 64.1 Å². The van der Waals surface area contributed by atoms with Crippen molar-refractivity contribution in [2.75, 3.05) is 40.0 Å². The van der Waals surface area contributed by atoms with E-state index in [2.05, 4.69) is 37.7 Å². The van der Waals surface area contributed by atoms with Gasteiger partial charge in [-0.3, -0.25) is 4.79 Å². The topological polar surface area (TPSA) is 57.7 Å². The van der Waals surface area contributed by atoms with Gasteiger partial charge in [-0.2, -0.15) is 0 Å². The summed E-state index contributed by atoms with van der Waals surface area (Å²) in [5.41, 5.74) is 0.965. The van der Waals surface area contributed by atoms with Gasteiger partial charge in [0.05, 0.1) is 10.3 Å². The van der Waals surface area contributed by atoms with Crippen molar-refractivity contribution < 1.29 is 13.2 Å². The Kier molecular flexibility index (Phi) is 5.57. The van der Waals surface area contributed by atoms with Gasteiger partial charge in [-0.1, -0.05) is 45.2 Å². The second-order valence-corrected chi connectivity index (χ2v) is 13.5. The van der Waals surface area contributed by atoms with E-state index in [0.29, 0.717) is 10.8 Å². The number of amides is 1. The zero-order chi connectivity index (χ0) is 22.7. The molecule has 0 unspecified atom stereocenters. The first-order chi connectivity index (χ1) is 14.4. The minimum absolute atomic E-state index is 0.207. The van der Waals surface area contributed by atoms with Crippen molar-refractivity contribution >= 4 is 15.7 Å². The zero-order valence-electron chi connectivity index (χ0n) is 19.8. The van der Waals surface area contributed by atoms with Crippen LogP contribution in [0.25, 0.3) is 0 Å². The summed E-state index contributed by atoms with van der Waals surface area (Å²) in [6.07, 6.45) is 7.37. The summed E-state index contributed by atoms with van der Waals surface area (Å²) < 4.78 is 23.9. The quantitative estimate of drug-likeness (QED) is 0.692. The van der Waals surface area contributed by atoms with Crippen molar-refractivity contribution in [3.05, 3.63) is 29.8 Å². The molecule has 1 aliphatic heterocycles. The van der Waals surface area contributed by atoms with Gasteiger partial charge >= 0.3 is 0 Å². The van der Waals surface area contributed by atoms with E-state index < -0.39 is 15.3 Å². The summed E-state index contributed by atoms with van der Waals surface area (Å²) in [5, 5.41) is 0. The third-order valence-electron chi connectivity index (χ3n) is 8.27. The molecule has 2 aliphatic carbocycles. The van der Waals surface area contributed by atoms with Crippen LogP contribution >= 0.6 is 0 Å². The number of hydrogen-bond donors (Lipinski definition) is 0. The lowest BCUT2D eigenvalue weighted by atomic mass is 9.48. The Morgan fingerprint density at radius 2 is 1.71 bits per heavy atom. The number of carbonyl (C=O) groups excluding carboxylic acids is 1. The van der Waals surface area contributed by atoms with E-state index in [9.17, 15) is 13.2 Å². The number of sulfone groups is 1. The molecule has 0 radical (unpaired) electrons. The Morgan fingerprint density at radius 1 is 1.10 bits per heavy atom. The van der Waals surface area contributed by atoms with Crippen molar-refractivity contribution in [3.8, 4) is 0 Å². The molecule has 2 atom stereocenters. The van der Waals surface area contributed by atoms with Crippen LogP contribution in [-0.2, 0) is 20.0 Å². The summed E-state index contributed by atoms with van der Waals surface area (Å²) in [6, 6.07) is 7.14. The molecular formula is C25H38N2O3S. The van der Waals surface area contributed by atoms with E-state index in [1.54, 1.807) is 12.1 Å². The van der Waals surface area contributed by atoms with Crippen LogP contribution in [0, 0.1) is 16.7 Å². The molecule has 4 rings (SSSR count). The molecule has 1 saturated heterocycles. The third kappa shape index (κ3) is 3.84. The van der Waals surface area contributed by atoms with Crippen LogP contribution in [0.15, 0.2) is 29.2 Å². The maximum atomic E-state index is 14.2. The molecule has 0 spiro atoms. The summed E-state index contributed by atoms with van der Waals surface area (Å²) in [4.78, 5) is 18.9. The summed E-state index contributed by atoms with van der Waals surface area (Å²) in [6.45, 7) is 7.42. The summed E-state index contributed by atoms with van der Waals surface area (Å²) in [5.74, 6) is 0.808. The lowest BCUT2D eigenvalue weighted by Gasteiger charge is -2.57. The van der Waals surface area contributed by atoms with Crippen LogP contribution in [0.1, 0.15) is 57.9 Å². The molecule has 3 fully saturated rings. The van der Waals surface area contributed by atoms with Crippen LogP contribution < -0.4 is 0 Å². The Balaban J connectivity index is 1.65. The highest BCUT2D eigenvalue weighted by atomic mass is 32.2. The number of likely N-dealkylation sites (tertiary alicyclic amines) is 1. The van der Waals surface area contributed by atoms with Crippen LogP contribution in [0.4, 0.5) is 0 Å². The molecule has 1 aromatic rings. The maximum absolute atomic E-state index is 14.2. The van der Waals surface area contributed by atoms with Gasteiger partial charge in [0.2, 0.25) is 5.91 Å². The first kappa shape index (κ1) is 22.8. The average molecular weight is 447 g/mol. The largest absolute Gasteiger partial charge is 0.341 e. The molecule has 0 aromatic heterocycles. The van der Waals surface area contributed by atoms with Gasteiger partial charge in [0.15, 0.2) is 9.84 Å². The normalized spacial score (nSPS) is 29.5. The molecular weight excluding hydrogens is 408 g/mol. The summed E-state index contributed by atoms with van der Waals surface area (Å²) >= 11 is 0. The van der Waals surface area contributed by atoms with Gasteiger partial charge in [-0.05, 0) is 62.4 Å². The smallest absolute Gasteiger partial charge is 0.233 e. The van der Waals surface area contributed by atoms with Crippen LogP contribution in [0.2, 0.25) is 0 Å². The van der Waals surface area contributed by atoms with E-state index in [1.165, 1.54) is 12.7 Å². The van der Waals surface area contributed by atoms with Crippen molar-refractivity contribution in [3.63, 3.8) is 0 Å². The molecule has 31 heavy (non-hydrogen) atoms. The van der Waals surface area contributed by atoms with E-state index in [0.717, 1.165) is 57.3 Å². The Bertz CT molecular complexity index is 941. The molecule has 3 aliphatic rings. The summed E-state index contributed by atoms with van der Waals surface area (Å²) in [7, 11) is 1.02. The molecule has 0 bridgehead atoms. The Morgan fingerprint density at radius 3 is 2.23 bits per heavy atom. The van der Waals surface area contributed by atoms with Gasteiger partial charge < -0.3 is 9.80 Å². The fourth-order valence-electron chi connectivity index (χ4n) is 7.23. The van der Waals surface area contributed by atoms with Crippen molar-refractivity contribution in [2.24, 2.45) is 16.7 Å². The first-order valence-electron chi connectivity index (χ1n) is 11.6. The number of benzene rings is 1. The lowest BCUT2D eigenvalue weighted by molar-refractivity contribution is -0.138. The SMILES string of the molecule is CN(C)C[C@@]12CN(C(=O)C3(c4ccc(S(C)(=O)=O)cc4)CCCCC3)C[C@@H]1C(C)(C)C2. The molecule has 6 heteroatoms. The molecule has 1 heterocycles. The van der Waals surface area contributed by atoms with Crippen molar-refractivity contribution in [1.82, 2.24) is 9.80 Å². The minimum atomic E-state index is -3.24. The number of carbonyl (C=O) groups is 1. The highest BCUT2D eigenvalue weighted by Crippen LogP contribution is 2.63. The maximum Gasteiger partial charge on any atom is 0.233 e. The highest BCUT2D eigenvalue weighted by Gasteiger charge is 2.64. The van der Waals surface area contributed by atoms with E-state index in [-0.39, 0.29) is 16.7 Å². The average Bonchev–Trinajstić information content (AvgIpc) is 3.01. The first-order valence-corrected chi connectivity index (χ1v) is 13.5. The Labute approximate surface area is 188 Å². The fraction of sp³-hybridized carbons (Fsp3) is 0.720. The minimum Gasteiger partial charge on any atom is -0.341 e. The number of nitrogens with zero attached hydrogens (tertiary/aromatic N) is 2. The van der Waals surface area contributed by atoms with Gasteiger partial charge in [0, 0.05) is 31.3 Å². The second-order valence-electron chi connectivity index (χ2n) is 11.4. The van der Waals surface area contributed by atoms with Gasteiger partial charge in [-0.15, -0.1) is 0 Å². The van der Waals surface area contributed by atoms with Gasteiger partial charge in [0.1, 0.15) is 0 Å². The number of fused-ring (bicyclic) bond motifs is 1. The molecule has 0 N–H and O–H groups in total. The predicted octanol–water partition coefficient (Wildman–Crippen LogP) is 3.73. The number of rotatable bonds is 5. The third-order valence-corrected chi connectivity index (χ3v) is 9.40. The highest BCUT2D eigenvalue weighted by molar-refractivity contribution is 7.90. The molecule has 172 valence electrons. The molecule has 1 aromatic carbocycles. The monoisotopic (exact) mass is 446 g/mol. The molecule has 5 nitrogen and oxygen atoms in total. The van der Waals surface area contributed by atoms with Crippen LogP contribution in [0.5, 0.6) is 0 Å². The lowest BCUT2D eigenvalue weighted by Crippen LogP contribution is -2.57. The zero-order valence-corrected chi connectivity index (χ0v) is 20.6. The van der Waals surface area contributed by atoms with E-state index >= 15 is 0 Å². The van der Waals surface area contributed by atoms with E-state index in [1.807, 2.05) is 12.1 Å². The fourth-order valence-corrected chi connectivity index (χ4v) is 7.86. The van der Waals surface area contributed by atoms with E-state index in [4.69, 9.17) is 0 Å². The standard InChI is InChI=1S/C25H38N2O3S/c1-23(2)16-24(17-26(3)4)18-27(15-21(23)24)22(28)25(13-7-6-8-14-25)19-9-11-20(12-10-19)31(5,29)30/h9-12,21H,6-8,13-18H2,1-5H3/t21-,24+/m1/s1. The molecule has 1 amide bonds. The predicted molar refractivity (Wildman–Crippen MR) is 124 cm³/mol. The Hall–Kier alpha value is -1.40. The molecule has 2 saturated carbocycles. The number of hydrogen-bond acceptors (Lipinski definition) is 4.